The number of hydrogen-bond donors (Lipinski definition) is 0. The van der Waals surface area contributed by atoms with Crippen LogP contribution in [-0.4, -0.2) is 20.4 Å². The fourth-order valence-electron chi connectivity index (χ4n) is 1.60. The third-order valence-corrected chi connectivity index (χ3v) is 5.26. The highest BCUT2D eigenvalue weighted by atomic mass is 35.5. The molecule has 2 rings (SSSR count). The van der Waals surface area contributed by atoms with E-state index in [-0.39, 0.29) is 15.1 Å². The predicted molar refractivity (Wildman–Crippen MR) is 81.0 cm³/mol. The average Bonchev–Trinajstić information content (AvgIpc) is 2.41. The molecule has 0 radical (unpaired) electrons. The van der Waals surface area contributed by atoms with Gasteiger partial charge < -0.3 is 0 Å². The molecule has 1 aromatic heterocycles. The van der Waals surface area contributed by atoms with Crippen LogP contribution in [0, 0.1) is 6.92 Å². The first-order chi connectivity index (χ1) is 9.32. The molecule has 1 aromatic carbocycles. The SMILES string of the molecule is Cc1ccc(N(C)S(=O)(=O)c2cnc(Cl)c(Cl)c2)cc1. The first-order valence-electron chi connectivity index (χ1n) is 5.69. The Hall–Kier alpha value is -1.30. The molecule has 2 aromatic rings. The van der Waals surface area contributed by atoms with E-state index in [1.54, 1.807) is 12.1 Å². The maximum absolute atomic E-state index is 12.5. The molecule has 0 N–H and O–H groups in total. The van der Waals surface area contributed by atoms with Gasteiger partial charge in [-0.2, -0.15) is 0 Å². The molecule has 4 nitrogen and oxygen atoms in total. The van der Waals surface area contributed by atoms with Crippen molar-refractivity contribution in [3.8, 4) is 0 Å². The van der Waals surface area contributed by atoms with Gasteiger partial charge in [0.25, 0.3) is 10.0 Å². The Kier molecular flexibility index (Phi) is 4.22. The van der Waals surface area contributed by atoms with Crippen LogP contribution in [0.5, 0.6) is 0 Å². The van der Waals surface area contributed by atoms with Crippen molar-refractivity contribution in [3.05, 3.63) is 52.3 Å². The number of aryl methyl sites for hydroxylation is 1. The third kappa shape index (κ3) is 2.90. The number of hydrogen-bond acceptors (Lipinski definition) is 3. The van der Waals surface area contributed by atoms with Crippen molar-refractivity contribution in [2.24, 2.45) is 0 Å². The molecule has 0 spiro atoms. The average molecular weight is 331 g/mol. The molecule has 0 unspecified atom stereocenters. The first kappa shape index (κ1) is 15.1. The molecule has 0 atom stereocenters. The summed E-state index contributed by atoms with van der Waals surface area (Å²) in [6.07, 6.45) is 1.19. The third-order valence-electron chi connectivity index (χ3n) is 2.83. The largest absolute Gasteiger partial charge is 0.269 e. The quantitative estimate of drug-likeness (QED) is 0.809. The fraction of sp³-hybridized carbons (Fsp3) is 0.154. The second-order valence-electron chi connectivity index (χ2n) is 4.25. The molecule has 7 heteroatoms. The van der Waals surface area contributed by atoms with Crippen molar-refractivity contribution in [1.29, 1.82) is 0 Å². The van der Waals surface area contributed by atoms with Gasteiger partial charge in [-0.05, 0) is 25.1 Å². The molecule has 106 valence electrons. The summed E-state index contributed by atoms with van der Waals surface area (Å²) in [6.45, 7) is 1.93. The minimum absolute atomic E-state index is 0.00465. The Labute approximate surface area is 128 Å². The smallest absolute Gasteiger partial charge is 0.265 e. The maximum Gasteiger partial charge on any atom is 0.265 e. The number of pyridine rings is 1. The topological polar surface area (TPSA) is 50.3 Å². The lowest BCUT2D eigenvalue weighted by atomic mass is 10.2. The zero-order valence-electron chi connectivity index (χ0n) is 10.8. The number of sulfonamides is 1. The van der Waals surface area contributed by atoms with E-state index in [1.807, 2.05) is 19.1 Å². The molecular weight excluding hydrogens is 319 g/mol. The molecule has 1 heterocycles. The second-order valence-corrected chi connectivity index (χ2v) is 6.99. The molecule has 0 saturated heterocycles. The van der Waals surface area contributed by atoms with Gasteiger partial charge in [0.1, 0.15) is 10.0 Å². The summed E-state index contributed by atoms with van der Waals surface area (Å²) in [4.78, 5) is 3.76. The minimum Gasteiger partial charge on any atom is -0.269 e. The van der Waals surface area contributed by atoms with Crippen molar-refractivity contribution >= 4 is 38.9 Å². The van der Waals surface area contributed by atoms with Gasteiger partial charge in [0.2, 0.25) is 0 Å². The van der Waals surface area contributed by atoms with Crippen LogP contribution in [0.1, 0.15) is 5.56 Å². The summed E-state index contributed by atoms with van der Waals surface area (Å²) in [6, 6.07) is 8.44. The van der Waals surface area contributed by atoms with Crippen LogP contribution in [0.4, 0.5) is 5.69 Å². The lowest BCUT2D eigenvalue weighted by molar-refractivity contribution is 0.594. The number of nitrogens with zero attached hydrogens (tertiary/aromatic N) is 2. The normalized spacial score (nSPS) is 11.4. The first-order valence-corrected chi connectivity index (χ1v) is 7.88. The van der Waals surface area contributed by atoms with Crippen LogP contribution in [0.2, 0.25) is 10.2 Å². The number of rotatable bonds is 3. The molecule has 0 fully saturated rings. The van der Waals surface area contributed by atoms with Crippen LogP contribution in [0.25, 0.3) is 0 Å². The minimum atomic E-state index is -3.72. The molecule has 0 bridgehead atoms. The Balaban J connectivity index is 2.43. The standard InChI is InChI=1S/C13H12Cl2N2O2S/c1-9-3-5-10(6-4-9)17(2)20(18,19)11-7-12(14)13(15)16-8-11/h3-8H,1-2H3. The predicted octanol–water partition coefficient (Wildman–Crippen LogP) is 3.52. The monoisotopic (exact) mass is 330 g/mol. The Bertz CT molecular complexity index is 731. The van der Waals surface area contributed by atoms with Gasteiger partial charge in [-0.15, -0.1) is 0 Å². The van der Waals surface area contributed by atoms with Gasteiger partial charge in [0.15, 0.2) is 0 Å². The van der Waals surface area contributed by atoms with Crippen molar-refractivity contribution in [2.45, 2.75) is 11.8 Å². The van der Waals surface area contributed by atoms with Gasteiger partial charge in [-0.1, -0.05) is 40.9 Å². The van der Waals surface area contributed by atoms with E-state index in [1.165, 1.54) is 23.6 Å². The van der Waals surface area contributed by atoms with E-state index in [0.29, 0.717) is 5.69 Å². The zero-order chi connectivity index (χ0) is 14.9. The van der Waals surface area contributed by atoms with Crippen LogP contribution in [0.15, 0.2) is 41.4 Å². The summed E-state index contributed by atoms with van der Waals surface area (Å²) in [5, 5.41) is 0.175. The van der Waals surface area contributed by atoms with Crippen molar-refractivity contribution in [1.82, 2.24) is 4.98 Å². The summed E-state index contributed by atoms with van der Waals surface area (Å²) in [5.41, 5.74) is 1.61. The fourth-order valence-corrected chi connectivity index (χ4v) is 3.10. The van der Waals surface area contributed by atoms with E-state index in [0.717, 1.165) is 5.56 Å². The van der Waals surface area contributed by atoms with Crippen molar-refractivity contribution < 1.29 is 8.42 Å². The van der Waals surface area contributed by atoms with Crippen LogP contribution < -0.4 is 4.31 Å². The van der Waals surface area contributed by atoms with Gasteiger partial charge in [-0.25, -0.2) is 13.4 Å². The van der Waals surface area contributed by atoms with Crippen LogP contribution in [-0.2, 0) is 10.0 Å². The molecular formula is C13H12Cl2N2O2S. The highest BCUT2D eigenvalue weighted by molar-refractivity contribution is 7.92. The Morgan fingerprint density at radius 1 is 1.15 bits per heavy atom. The van der Waals surface area contributed by atoms with Crippen LogP contribution >= 0.6 is 23.2 Å². The zero-order valence-corrected chi connectivity index (χ0v) is 13.2. The summed E-state index contributed by atoms with van der Waals surface area (Å²) >= 11 is 11.5. The Morgan fingerprint density at radius 3 is 2.30 bits per heavy atom. The second kappa shape index (κ2) is 5.60. The van der Waals surface area contributed by atoms with E-state index in [4.69, 9.17) is 23.2 Å². The van der Waals surface area contributed by atoms with E-state index in [9.17, 15) is 8.42 Å². The molecule has 0 saturated carbocycles. The lowest BCUT2D eigenvalue weighted by Gasteiger charge is -2.19. The van der Waals surface area contributed by atoms with E-state index < -0.39 is 10.0 Å². The lowest BCUT2D eigenvalue weighted by Crippen LogP contribution is -2.26. The highest BCUT2D eigenvalue weighted by Gasteiger charge is 2.22. The van der Waals surface area contributed by atoms with Gasteiger partial charge in [0, 0.05) is 13.2 Å². The maximum atomic E-state index is 12.5. The number of anilines is 1. The molecule has 0 aliphatic rings. The van der Waals surface area contributed by atoms with Gasteiger partial charge in [0.05, 0.1) is 10.7 Å². The van der Waals surface area contributed by atoms with Crippen molar-refractivity contribution in [3.63, 3.8) is 0 Å². The van der Waals surface area contributed by atoms with Gasteiger partial charge in [-0.3, -0.25) is 4.31 Å². The van der Waals surface area contributed by atoms with E-state index in [2.05, 4.69) is 4.98 Å². The molecule has 0 aliphatic carbocycles. The summed E-state index contributed by atoms with van der Waals surface area (Å²) in [7, 11) is -2.24. The molecule has 0 aliphatic heterocycles. The van der Waals surface area contributed by atoms with Crippen molar-refractivity contribution in [2.75, 3.05) is 11.4 Å². The summed E-state index contributed by atoms with van der Waals surface area (Å²) in [5.74, 6) is 0. The number of aromatic nitrogens is 1. The Morgan fingerprint density at radius 2 is 1.75 bits per heavy atom. The van der Waals surface area contributed by atoms with Gasteiger partial charge >= 0.3 is 0 Å². The van der Waals surface area contributed by atoms with Crippen LogP contribution in [0.3, 0.4) is 0 Å². The summed E-state index contributed by atoms with van der Waals surface area (Å²) < 4.78 is 26.1. The number of halogens is 2. The number of benzene rings is 1. The molecule has 0 amide bonds. The highest BCUT2D eigenvalue weighted by Crippen LogP contribution is 2.26. The van der Waals surface area contributed by atoms with E-state index >= 15 is 0 Å². The molecule has 20 heavy (non-hydrogen) atoms.